The van der Waals surface area contributed by atoms with Crippen LogP contribution in [0, 0.1) is 17.9 Å². The van der Waals surface area contributed by atoms with Crippen LogP contribution in [0.4, 0.5) is 0 Å². The summed E-state index contributed by atoms with van der Waals surface area (Å²) in [6.07, 6.45) is 7.79. The van der Waals surface area contributed by atoms with Crippen molar-refractivity contribution in [2.24, 2.45) is 5.41 Å². The van der Waals surface area contributed by atoms with E-state index in [0.29, 0.717) is 0 Å². The molecule has 0 unspecified atom stereocenters. The maximum atomic E-state index is 10.7. The van der Waals surface area contributed by atoms with Gasteiger partial charge in [0.2, 0.25) is 0 Å². The Morgan fingerprint density at radius 3 is 1.50 bits per heavy atom. The fraction of sp³-hybridized carbons (Fsp3) is 0.786. The molecule has 0 aliphatic heterocycles. The molecule has 4 heteroatoms. The first kappa shape index (κ1) is 25.6. The Labute approximate surface area is 113 Å². The Balaban J connectivity index is -0.0000000841. The summed E-state index contributed by atoms with van der Waals surface area (Å²) in [6.45, 7) is 13.9. The van der Waals surface area contributed by atoms with Crippen molar-refractivity contribution in [1.82, 2.24) is 0 Å². The second-order valence-corrected chi connectivity index (χ2v) is 2.76. The molecule has 110 valence electrons. The number of ether oxygens (including phenoxy) is 1. The molecule has 1 fully saturated rings. The van der Waals surface area contributed by atoms with Gasteiger partial charge in [-0.05, 0) is 19.8 Å². The molecule has 4 nitrogen and oxygen atoms in total. The average molecular weight is 262 g/mol. The second-order valence-electron chi connectivity index (χ2n) is 2.76. The highest BCUT2D eigenvalue weighted by molar-refractivity contribution is 5.79. The first-order chi connectivity index (χ1) is 8.60. The van der Waals surface area contributed by atoms with Gasteiger partial charge in [0.25, 0.3) is 0 Å². The monoisotopic (exact) mass is 262 g/mol. The molecule has 1 rings (SSSR count). The normalized spacial score (nSPS) is 11.8. The fourth-order valence-corrected chi connectivity index (χ4v) is 0.638. The molecule has 0 amide bonds. The maximum Gasteiger partial charge on any atom is 0.311 e. The lowest BCUT2D eigenvalue weighted by molar-refractivity contribution is -0.171. The van der Waals surface area contributed by atoms with Crippen molar-refractivity contribution in [1.29, 1.82) is 0 Å². The third kappa shape index (κ3) is 17.2. The average Bonchev–Trinajstić information content (AvgIpc) is 3.24. The standard InChI is InChI=1S/C6H10O2.C2H2O2.3C2H6/c1-6(3-4-6)5(7)8-2;1-2-4-3;3*1-2/h3-4H2,1-2H3;1,3H;3*1-2H3. The number of rotatable bonds is 1. The van der Waals surface area contributed by atoms with Gasteiger partial charge in [-0.15, -0.1) is 0 Å². The van der Waals surface area contributed by atoms with E-state index in [9.17, 15) is 4.79 Å². The van der Waals surface area contributed by atoms with E-state index in [-0.39, 0.29) is 11.4 Å². The zero-order valence-electron chi connectivity index (χ0n) is 13.2. The molecule has 0 bridgehead atoms. The molecule has 0 radical (unpaired) electrons. The van der Waals surface area contributed by atoms with Crippen molar-refractivity contribution in [3.8, 4) is 12.5 Å². The van der Waals surface area contributed by atoms with Gasteiger partial charge in [0.1, 0.15) is 0 Å². The Morgan fingerprint density at radius 1 is 1.17 bits per heavy atom. The quantitative estimate of drug-likeness (QED) is 0.334. The highest BCUT2D eigenvalue weighted by atomic mass is 17.1. The molecular formula is C14H30O4. The van der Waals surface area contributed by atoms with Gasteiger partial charge in [0.15, 0.2) is 6.11 Å². The summed E-state index contributed by atoms with van der Waals surface area (Å²) in [4.78, 5) is 13.7. The Morgan fingerprint density at radius 2 is 1.44 bits per heavy atom. The van der Waals surface area contributed by atoms with Crippen LogP contribution >= 0.6 is 0 Å². The van der Waals surface area contributed by atoms with Crippen molar-refractivity contribution >= 4 is 5.97 Å². The van der Waals surface area contributed by atoms with Crippen LogP contribution in [0.15, 0.2) is 0 Å². The molecule has 18 heavy (non-hydrogen) atoms. The number of carbonyl (C=O) groups excluding carboxylic acids is 1. The van der Waals surface area contributed by atoms with E-state index in [1.54, 1.807) is 0 Å². The first-order valence-electron chi connectivity index (χ1n) is 6.45. The molecule has 1 saturated carbocycles. The largest absolute Gasteiger partial charge is 0.469 e. The van der Waals surface area contributed by atoms with E-state index >= 15 is 0 Å². The summed E-state index contributed by atoms with van der Waals surface area (Å²) in [5.41, 5.74) is -0.102. The van der Waals surface area contributed by atoms with Gasteiger partial charge >= 0.3 is 5.97 Å². The second kappa shape index (κ2) is 21.1. The minimum absolute atomic E-state index is 0.0579. The van der Waals surface area contributed by atoms with E-state index in [1.807, 2.05) is 48.5 Å². The molecule has 0 aromatic carbocycles. The molecule has 0 aromatic rings. The molecule has 1 aliphatic rings. The molecule has 0 spiro atoms. The maximum absolute atomic E-state index is 10.7. The zero-order chi connectivity index (χ0) is 15.6. The van der Waals surface area contributed by atoms with Crippen LogP contribution in [0.25, 0.3) is 0 Å². The summed E-state index contributed by atoms with van der Waals surface area (Å²) in [5.74, 6) is -0.0579. The summed E-state index contributed by atoms with van der Waals surface area (Å²) < 4.78 is 4.54. The number of hydrogen-bond acceptors (Lipinski definition) is 4. The smallest absolute Gasteiger partial charge is 0.311 e. The van der Waals surface area contributed by atoms with E-state index in [2.05, 4.69) is 16.0 Å². The summed E-state index contributed by atoms with van der Waals surface area (Å²) in [6, 6.07) is 0. The van der Waals surface area contributed by atoms with Gasteiger partial charge in [-0.2, -0.15) is 5.26 Å². The number of carbonyl (C=O) groups is 1. The first-order valence-corrected chi connectivity index (χ1v) is 6.45. The van der Waals surface area contributed by atoms with Crippen molar-refractivity contribution in [3.63, 3.8) is 0 Å². The summed E-state index contributed by atoms with van der Waals surface area (Å²) in [7, 11) is 1.44. The van der Waals surface area contributed by atoms with Crippen LogP contribution in [-0.4, -0.2) is 18.3 Å². The minimum Gasteiger partial charge on any atom is -0.469 e. The van der Waals surface area contributed by atoms with E-state index in [0.717, 1.165) is 12.8 Å². The van der Waals surface area contributed by atoms with E-state index in [4.69, 9.17) is 5.26 Å². The lowest BCUT2D eigenvalue weighted by Crippen LogP contribution is -2.12. The van der Waals surface area contributed by atoms with Crippen molar-refractivity contribution in [2.75, 3.05) is 7.11 Å². The van der Waals surface area contributed by atoms with Gasteiger partial charge in [-0.3, -0.25) is 9.68 Å². The van der Waals surface area contributed by atoms with Crippen molar-refractivity contribution < 1.29 is 19.7 Å². The van der Waals surface area contributed by atoms with Crippen LogP contribution < -0.4 is 0 Å². The molecule has 1 aliphatic carbocycles. The highest BCUT2D eigenvalue weighted by Gasteiger charge is 2.45. The van der Waals surface area contributed by atoms with Gasteiger partial charge < -0.3 is 4.74 Å². The lowest BCUT2D eigenvalue weighted by Gasteiger charge is -2.01. The SMILES string of the molecule is C#COO.CC.CC.CC.COC(=O)C1(C)CC1. The number of terminal acetylenes is 1. The predicted molar refractivity (Wildman–Crippen MR) is 75.9 cm³/mol. The van der Waals surface area contributed by atoms with Gasteiger partial charge in [-0.25, -0.2) is 0 Å². The highest BCUT2D eigenvalue weighted by Crippen LogP contribution is 2.45. The topological polar surface area (TPSA) is 55.8 Å². The number of esters is 1. The van der Waals surface area contributed by atoms with Crippen molar-refractivity contribution in [3.05, 3.63) is 0 Å². The molecule has 0 atom stereocenters. The lowest BCUT2D eigenvalue weighted by atomic mass is 10.1. The van der Waals surface area contributed by atoms with Gasteiger partial charge in [0.05, 0.1) is 12.5 Å². The van der Waals surface area contributed by atoms with Crippen LogP contribution in [0.2, 0.25) is 0 Å². The molecule has 1 N–H and O–H groups in total. The van der Waals surface area contributed by atoms with Gasteiger partial charge in [0, 0.05) is 0 Å². The van der Waals surface area contributed by atoms with E-state index < -0.39 is 0 Å². The number of hydrogen-bond donors (Lipinski definition) is 1. The molecule has 0 heterocycles. The predicted octanol–water partition coefficient (Wildman–Crippen LogP) is 4.10. The summed E-state index contributed by atoms with van der Waals surface area (Å²) >= 11 is 0. The van der Waals surface area contributed by atoms with Gasteiger partial charge in [-0.1, -0.05) is 48.0 Å². The Kier molecular flexibility index (Phi) is 30.0. The van der Waals surface area contributed by atoms with E-state index in [1.165, 1.54) is 13.2 Å². The van der Waals surface area contributed by atoms with Crippen LogP contribution in [0.1, 0.15) is 61.3 Å². The number of methoxy groups -OCH3 is 1. The fourth-order valence-electron chi connectivity index (χ4n) is 0.638. The minimum atomic E-state index is -0.102. The van der Waals surface area contributed by atoms with Crippen LogP contribution in [0.3, 0.4) is 0 Å². The zero-order valence-corrected chi connectivity index (χ0v) is 13.2. The van der Waals surface area contributed by atoms with Crippen LogP contribution in [0.5, 0.6) is 0 Å². The summed E-state index contributed by atoms with van der Waals surface area (Å²) in [5, 5.41) is 7.14. The molecule has 0 saturated heterocycles. The Bertz CT molecular complexity index is 190. The van der Waals surface area contributed by atoms with Crippen LogP contribution in [-0.2, 0) is 14.4 Å². The molecular weight excluding hydrogens is 232 g/mol. The Hall–Kier alpha value is -1.21. The third-order valence-corrected chi connectivity index (χ3v) is 1.73. The van der Waals surface area contributed by atoms with Crippen molar-refractivity contribution in [2.45, 2.75) is 61.3 Å². The molecule has 0 aromatic heterocycles. The third-order valence-electron chi connectivity index (χ3n) is 1.73.